The lowest BCUT2D eigenvalue weighted by Gasteiger charge is -2.18. The van der Waals surface area contributed by atoms with Crippen molar-refractivity contribution in [3.8, 4) is 0 Å². The number of esters is 2. The van der Waals surface area contributed by atoms with Gasteiger partial charge in [-0.3, -0.25) is 9.59 Å². The molecule has 0 fully saturated rings. The van der Waals surface area contributed by atoms with Crippen LogP contribution in [0.3, 0.4) is 0 Å². The average Bonchev–Trinajstić information content (AvgIpc) is 2.31. The standard InChI is InChI=1S/C10H18N2O5/c1-6(9(14)16-3)11-5-8(10(15)17-4)12-7(2)13/h6,8,11H,5H2,1-4H3,(H,12,13). The van der Waals surface area contributed by atoms with Crippen molar-refractivity contribution < 1.29 is 23.9 Å². The molecule has 0 aliphatic carbocycles. The maximum Gasteiger partial charge on any atom is 0.329 e. The van der Waals surface area contributed by atoms with Gasteiger partial charge in [-0.25, -0.2) is 4.79 Å². The van der Waals surface area contributed by atoms with Crippen molar-refractivity contribution in [2.75, 3.05) is 20.8 Å². The fourth-order valence-corrected chi connectivity index (χ4v) is 1.14. The Labute approximate surface area is 99.8 Å². The van der Waals surface area contributed by atoms with Crippen molar-refractivity contribution in [2.24, 2.45) is 0 Å². The minimum absolute atomic E-state index is 0.0858. The summed E-state index contributed by atoms with van der Waals surface area (Å²) in [5.74, 6) is -1.38. The summed E-state index contributed by atoms with van der Waals surface area (Å²) in [5, 5.41) is 5.18. The molecule has 0 rings (SSSR count). The van der Waals surface area contributed by atoms with E-state index in [1.54, 1.807) is 6.92 Å². The van der Waals surface area contributed by atoms with Crippen molar-refractivity contribution in [3.63, 3.8) is 0 Å². The second-order valence-electron chi connectivity index (χ2n) is 3.43. The Hall–Kier alpha value is -1.63. The van der Waals surface area contributed by atoms with E-state index in [0.717, 1.165) is 0 Å². The van der Waals surface area contributed by atoms with Gasteiger partial charge in [0.05, 0.1) is 14.2 Å². The molecule has 0 saturated heterocycles. The van der Waals surface area contributed by atoms with Crippen LogP contribution in [0.2, 0.25) is 0 Å². The quantitative estimate of drug-likeness (QED) is 0.573. The highest BCUT2D eigenvalue weighted by Gasteiger charge is 2.22. The molecule has 0 saturated carbocycles. The SMILES string of the molecule is COC(=O)C(C)NCC(NC(C)=O)C(=O)OC. The van der Waals surface area contributed by atoms with Gasteiger partial charge in [0.25, 0.3) is 0 Å². The van der Waals surface area contributed by atoms with Crippen molar-refractivity contribution in [2.45, 2.75) is 25.9 Å². The summed E-state index contributed by atoms with van der Waals surface area (Å²) in [5.41, 5.74) is 0. The number of hydrogen-bond acceptors (Lipinski definition) is 6. The average molecular weight is 246 g/mol. The van der Waals surface area contributed by atoms with Crippen LogP contribution in [0.4, 0.5) is 0 Å². The monoisotopic (exact) mass is 246 g/mol. The molecule has 1 amide bonds. The van der Waals surface area contributed by atoms with Gasteiger partial charge in [0.1, 0.15) is 12.1 Å². The maximum atomic E-state index is 11.3. The van der Waals surface area contributed by atoms with Gasteiger partial charge < -0.3 is 20.1 Å². The molecule has 7 heteroatoms. The molecular weight excluding hydrogens is 228 g/mol. The number of carbonyl (C=O) groups is 3. The van der Waals surface area contributed by atoms with E-state index >= 15 is 0 Å². The predicted molar refractivity (Wildman–Crippen MR) is 59.1 cm³/mol. The lowest BCUT2D eigenvalue weighted by atomic mass is 10.2. The van der Waals surface area contributed by atoms with Gasteiger partial charge in [0.2, 0.25) is 5.91 Å². The second kappa shape index (κ2) is 7.61. The lowest BCUT2D eigenvalue weighted by Crippen LogP contribution is -2.50. The minimum Gasteiger partial charge on any atom is -0.468 e. The summed E-state index contributed by atoms with van der Waals surface area (Å²) in [6, 6.07) is -1.40. The van der Waals surface area contributed by atoms with Crippen molar-refractivity contribution in [3.05, 3.63) is 0 Å². The largest absolute Gasteiger partial charge is 0.468 e. The van der Waals surface area contributed by atoms with Crippen molar-refractivity contribution >= 4 is 17.8 Å². The number of rotatable bonds is 6. The van der Waals surface area contributed by atoms with Gasteiger partial charge in [0.15, 0.2) is 0 Å². The van der Waals surface area contributed by atoms with Gasteiger partial charge >= 0.3 is 11.9 Å². The molecule has 2 unspecified atom stereocenters. The van der Waals surface area contributed by atoms with Gasteiger partial charge in [0, 0.05) is 13.5 Å². The number of ether oxygens (including phenoxy) is 2. The first-order chi connectivity index (χ1) is 7.92. The molecule has 0 aromatic rings. The first-order valence-electron chi connectivity index (χ1n) is 5.08. The molecule has 7 nitrogen and oxygen atoms in total. The molecule has 17 heavy (non-hydrogen) atoms. The van der Waals surface area contributed by atoms with E-state index in [1.807, 2.05) is 0 Å². The molecule has 98 valence electrons. The fraction of sp³-hybridized carbons (Fsp3) is 0.700. The Morgan fingerprint density at radius 1 is 1.12 bits per heavy atom. The number of amides is 1. The number of nitrogens with one attached hydrogen (secondary N) is 2. The topological polar surface area (TPSA) is 93.7 Å². The maximum absolute atomic E-state index is 11.3. The third kappa shape index (κ3) is 5.86. The summed E-state index contributed by atoms with van der Waals surface area (Å²) >= 11 is 0. The molecule has 0 aromatic heterocycles. The van der Waals surface area contributed by atoms with Gasteiger partial charge in [-0.1, -0.05) is 0 Å². The molecule has 0 aliphatic heterocycles. The van der Waals surface area contributed by atoms with Gasteiger partial charge in [-0.15, -0.1) is 0 Å². The third-order valence-corrected chi connectivity index (χ3v) is 2.05. The number of carbonyl (C=O) groups excluding carboxylic acids is 3. The third-order valence-electron chi connectivity index (χ3n) is 2.05. The summed E-state index contributed by atoms with van der Waals surface area (Å²) in [6.07, 6.45) is 0. The first-order valence-corrected chi connectivity index (χ1v) is 5.08. The molecule has 0 spiro atoms. The minimum atomic E-state index is -0.829. The van der Waals surface area contributed by atoms with Crippen LogP contribution in [0, 0.1) is 0 Å². The van der Waals surface area contributed by atoms with Crippen LogP contribution >= 0.6 is 0 Å². The predicted octanol–water partition coefficient (Wildman–Crippen LogP) is -1.18. The molecule has 2 N–H and O–H groups in total. The van der Waals surface area contributed by atoms with Crippen molar-refractivity contribution in [1.29, 1.82) is 0 Å². The van der Waals surface area contributed by atoms with Crippen LogP contribution in [0.5, 0.6) is 0 Å². The smallest absolute Gasteiger partial charge is 0.329 e. The van der Waals surface area contributed by atoms with Crippen LogP contribution in [0.1, 0.15) is 13.8 Å². The zero-order chi connectivity index (χ0) is 13.4. The molecule has 0 bridgehead atoms. The zero-order valence-electron chi connectivity index (χ0n) is 10.4. The molecule has 0 heterocycles. The van der Waals surface area contributed by atoms with Gasteiger partial charge in [-0.05, 0) is 6.92 Å². The molecule has 0 aromatic carbocycles. The first kappa shape index (κ1) is 15.4. The molecule has 2 atom stereocenters. The highest BCUT2D eigenvalue weighted by Crippen LogP contribution is 1.91. The van der Waals surface area contributed by atoms with E-state index in [2.05, 4.69) is 20.1 Å². The molecular formula is C10H18N2O5. The van der Waals surface area contributed by atoms with Crippen molar-refractivity contribution in [1.82, 2.24) is 10.6 Å². The van der Waals surface area contributed by atoms with Crippen LogP contribution in [0.25, 0.3) is 0 Å². The summed E-state index contributed by atoms with van der Waals surface area (Å²) < 4.78 is 9.03. The number of hydrogen-bond donors (Lipinski definition) is 2. The normalized spacial score (nSPS) is 13.4. The second-order valence-corrected chi connectivity index (χ2v) is 3.43. The highest BCUT2D eigenvalue weighted by atomic mass is 16.5. The van der Waals surface area contributed by atoms with E-state index in [9.17, 15) is 14.4 Å². The molecule has 0 radical (unpaired) electrons. The lowest BCUT2D eigenvalue weighted by molar-refractivity contribution is -0.146. The van der Waals surface area contributed by atoms with E-state index in [4.69, 9.17) is 0 Å². The van der Waals surface area contributed by atoms with Gasteiger partial charge in [-0.2, -0.15) is 0 Å². The molecule has 0 aliphatic rings. The Kier molecular flexibility index (Phi) is 6.88. The fourth-order valence-electron chi connectivity index (χ4n) is 1.14. The summed E-state index contributed by atoms with van der Waals surface area (Å²) in [4.78, 5) is 33.3. The Balaban J connectivity index is 4.30. The number of methoxy groups -OCH3 is 2. The van der Waals surface area contributed by atoms with Crippen LogP contribution in [-0.2, 0) is 23.9 Å². The van der Waals surface area contributed by atoms with E-state index in [-0.39, 0.29) is 12.5 Å². The summed E-state index contributed by atoms with van der Waals surface area (Å²) in [7, 11) is 2.49. The van der Waals surface area contributed by atoms with Crippen LogP contribution < -0.4 is 10.6 Å². The van der Waals surface area contributed by atoms with E-state index in [1.165, 1.54) is 21.1 Å². The highest BCUT2D eigenvalue weighted by molar-refractivity contribution is 5.83. The Morgan fingerprint density at radius 2 is 1.65 bits per heavy atom. The van der Waals surface area contributed by atoms with E-state index < -0.39 is 24.0 Å². The zero-order valence-corrected chi connectivity index (χ0v) is 10.4. The Morgan fingerprint density at radius 3 is 2.06 bits per heavy atom. The Bertz CT molecular complexity index is 292. The van der Waals surface area contributed by atoms with E-state index in [0.29, 0.717) is 0 Å². The summed E-state index contributed by atoms with van der Waals surface area (Å²) in [6.45, 7) is 2.97. The van der Waals surface area contributed by atoms with Crippen LogP contribution in [0.15, 0.2) is 0 Å². The van der Waals surface area contributed by atoms with Crippen LogP contribution in [-0.4, -0.2) is 50.7 Å².